The Morgan fingerprint density at radius 2 is 1.56 bits per heavy atom. The third-order valence-corrected chi connectivity index (χ3v) is 9.28. The quantitative estimate of drug-likeness (QED) is 0.221. The number of halogens is 3. The second kappa shape index (κ2) is 14.4. The lowest BCUT2D eigenvalue weighted by Crippen LogP contribution is -2.51. The summed E-state index contributed by atoms with van der Waals surface area (Å²) in [5.41, 5.74) is 2.32. The number of rotatable bonds is 12. The van der Waals surface area contributed by atoms with Gasteiger partial charge in [0.2, 0.25) is 11.8 Å². The molecule has 3 aromatic carbocycles. The van der Waals surface area contributed by atoms with Crippen molar-refractivity contribution in [2.24, 2.45) is 0 Å². The maximum absolute atomic E-state index is 14.1. The number of amides is 2. The highest BCUT2D eigenvalue weighted by Crippen LogP contribution is 2.30. The molecule has 0 aliphatic rings. The van der Waals surface area contributed by atoms with Crippen molar-refractivity contribution in [3.8, 4) is 0 Å². The first kappa shape index (κ1) is 32.7. The minimum atomic E-state index is -4.21. The number of hydrogen-bond donors (Lipinski definition) is 1. The molecule has 0 spiro atoms. The zero-order chi connectivity index (χ0) is 30.3. The molecule has 3 aromatic rings. The SMILES string of the molecule is CCCCNC(=O)[C@H](C)N(Cc1ccc(Cl)cc1Cl)C(=O)CN(c1cc(Cl)ccc1C)S(=O)(=O)c1ccc(C)cc1. The normalized spacial score (nSPS) is 12.1. The van der Waals surface area contributed by atoms with E-state index in [-0.39, 0.29) is 23.0 Å². The Bertz CT molecular complexity index is 1500. The van der Waals surface area contributed by atoms with Gasteiger partial charge in [0.25, 0.3) is 10.0 Å². The fourth-order valence-corrected chi connectivity index (χ4v) is 6.26. The fourth-order valence-electron chi connectivity index (χ4n) is 4.15. The smallest absolute Gasteiger partial charge is 0.264 e. The molecule has 0 heterocycles. The summed E-state index contributed by atoms with van der Waals surface area (Å²) in [6.07, 6.45) is 1.68. The van der Waals surface area contributed by atoms with Gasteiger partial charge >= 0.3 is 0 Å². The van der Waals surface area contributed by atoms with Gasteiger partial charge in [-0.05, 0) is 74.7 Å². The molecule has 3 rings (SSSR count). The number of hydrogen-bond acceptors (Lipinski definition) is 4. The summed E-state index contributed by atoms with van der Waals surface area (Å²) >= 11 is 18.8. The van der Waals surface area contributed by atoms with E-state index in [4.69, 9.17) is 34.8 Å². The zero-order valence-electron chi connectivity index (χ0n) is 23.5. The third kappa shape index (κ3) is 8.38. The number of carbonyl (C=O) groups excluding carboxylic acids is 2. The molecule has 2 amide bonds. The van der Waals surface area contributed by atoms with Crippen LogP contribution in [0.4, 0.5) is 5.69 Å². The van der Waals surface area contributed by atoms with Gasteiger partial charge in [-0.3, -0.25) is 13.9 Å². The third-order valence-electron chi connectivity index (χ3n) is 6.68. The number of carbonyl (C=O) groups is 2. The van der Waals surface area contributed by atoms with Gasteiger partial charge in [-0.25, -0.2) is 8.42 Å². The average molecular weight is 639 g/mol. The Morgan fingerprint density at radius 1 is 0.927 bits per heavy atom. The van der Waals surface area contributed by atoms with Crippen molar-refractivity contribution in [1.29, 1.82) is 0 Å². The largest absolute Gasteiger partial charge is 0.354 e. The number of aryl methyl sites for hydroxylation is 2. The molecule has 1 atom stereocenters. The van der Waals surface area contributed by atoms with E-state index in [9.17, 15) is 18.0 Å². The molecular weight excluding hydrogens is 605 g/mol. The van der Waals surface area contributed by atoms with Crippen LogP contribution in [0.25, 0.3) is 0 Å². The van der Waals surface area contributed by atoms with Gasteiger partial charge < -0.3 is 10.2 Å². The van der Waals surface area contributed by atoms with Crippen molar-refractivity contribution in [3.63, 3.8) is 0 Å². The van der Waals surface area contributed by atoms with Crippen LogP contribution in [0.3, 0.4) is 0 Å². The summed E-state index contributed by atoms with van der Waals surface area (Å²) in [5, 5.41) is 3.92. The van der Waals surface area contributed by atoms with E-state index in [1.807, 2.05) is 13.8 Å². The molecule has 0 aliphatic carbocycles. The monoisotopic (exact) mass is 637 g/mol. The van der Waals surface area contributed by atoms with Crippen molar-refractivity contribution in [2.75, 3.05) is 17.4 Å². The number of benzene rings is 3. The molecule has 0 aromatic heterocycles. The Morgan fingerprint density at radius 3 is 2.20 bits per heavy atom. The lowest BCUT2D eigenvalue weighted by molar-refractivity contribution is -0.139. The summed E-state index contributed by atoms with van der Waals surface area (Å²) in [6, 6.07) is 15.2. The highest BCUT2D eigenvalue weighted by Gasteiger charge is 2.33. The first-order valence-corrected chi connectivity index (χ1v) is 15.8. The molecule has 0 saturated heterocycles. The molecule has 220 valence electrons. The van der Waals surface area contributed by atoms with Crippen molar-refractivity contribution in [2.45, 2.75) is 58.0 Å². The highest BCUT2D eigenvalue weighted by atomic mass is 35.5. The van der Waals surface area contributed by atoms with Crippen LogP contribution in [-0.4, -0.2) is 44.3 Å². The predicted octanol–water partition coefficient (Wildman–Crippen LogP) is 6.79. The van der Waals surface area contributed by atoms with Crippen LogP contribution < -0.4 is 9.62 Å². The van der Waals surface area contributed by atoms with Crippen LogP contribution >= 0.6 is 34.8 Å². The molecule has 0 saturated carbocycles. The standard InChI is InChI=1S/C30H34Cl3N3O4S/c1-5-6-15-34-30(38)22(4)35(18-23-10-12-24(31)16-27(23)33)29(37)19-36(28-17-25(32)11-9-21(28)3)41(39,40)26-13-7-20(2)8-14-26/h7-14,16-17,22H,5-6,15,18-19H2,1-4H3,(H,34,38)/t22-/m0/s1. The van der Waals surface area contributed by atoms with Gasteiger partial charge in [-0.1, -0.05) is 78.0 Å². The summed E-state index contributed by atoms with van der Waals surface area (Å²) < 4.78 is 29.0. The van der Waals surface area contributed by atoms with Gasteiger partial charge in [0, 0.05) is 28.2 Å². The maximum Gasteiger partial charge on any atom is 0.264 e. The summed E-state index contributed by atoms with van der Waals surface area (Å²) in [5.74, 6) is -0.951. The van der Waals surface area contributed by atoms with E-state index in [2.05, 4.69) is 5.32 Å². The second-order valence-corrected chi connectivity index (χ2v) is 13.0. The highest BCUT2D eigenvalue weighted by molar-refractivity contribution is 7.92. The lowest BCUT2D eigenvalue weighted by atomic mass is 10.1. The van der Waals surface area contributed by atoms with Crippen LogP contribution in [0, 0.1) is 13.8 Å². The first-order chi connectivity index (χ1) is 19.3. The van der Waals surface area contributed by atoms with Gasteiger partial charge in [0.05, 0.1) is 10.6 Å². The Hall–Kier alpha value is -2.78. The zero-order valence-corrected chi connectivity index (χ0v) is 26.5. The fraction of sp³-hybridized carbons (Fsp3) is 0.333. The van der Waals surface area contributed by atoms with Crippen LogP contribution in [0.5, 0.6) is 0 Å². The minimum Gasteiger partial charge on any atom is -0.354 e. The van der Waals surface area contributed by atoms with E-state index in [1.165, 1.54) is 23.1 Å². The van der Waals surface area contributed by atoms with Crippen LogP contribution in [0.15, 0.2) is 65.6 Å². The van der Waals surface area contributed by atoms with Gasteiger partial charge in [-0.15, -0.1) is 0 Å². The van der Waals surface area contributed by atoms with E-state index < -0.39 is 28.5 Å². The summed E-state index contributed by atoms with van der Waals surface area (Å²) in [6.45, 7) is 7.05. The van der Waals surface area contributed by atoms with Gasteiger partial charge in [-0.2, -0.15) is 0 Å². The predicted molar refractivity (Wildman–Crippen MR) is 166 cm³/mol. The van der Waals surface area contributed by atoms with E-state index >= 15 is 0 Å². The molecule has 7 nitrogen and oxygen atoms in total. The number of nitrogens with one attached hydrogen (secondary N) is 1. The van der Waals surface area contributed by atoms with Crippen molar-refractivity contribution >= 4 is 62.3 Å². The van der Waals surface area contributed by atoms with Crippen LogP contribution in [0.2, 0.25) is 15.1 Å². The number of anilines is 1. The maximum atomic E-state index is 14.1. The van der Waals surface area contributed by atoms with E-state index in [1.54, 1.807) is 56.3 Å². The Labute approximate surface area is 257 Å². The lowest BCUT2D eigenvalue weighted by Gasteiger charge is -2.32. The number of nitrogens with zero attached hydrogens (tertiary/aromatic N) is 2. The first-order valence-electron chi connectivity index (χ1n) is 13.2. The molecule has 1 N–H and O–H groups in total. The number of sulfonamides is 1. The Balaban J connectivity index is 2.06. The minimum absolute atomic E-state index is 0.0212. The van der Waals surface area contributed by atoms with Gasteiger partial charge in [0.1, 0.15) is 12.6 Å². The van der Waals surface area contributed by atoms with Crippen LogP contribution in [0.1, 0.15) is 43.4 Å². The van der Waals surface area contributed by atoms with Crippen molar-refractivity contribution in [3.05, 3.63) is 92.4 Å². The molecule has 0 unspecified atom stereocenters. The van der Waals surface area contributed by atoms with E-state index in [0.717, 1.165) is 22.7 Å². The van der Waals surface area contributed by atoms with Crippen molar-refractivity contribution < 1.29 is 18.0 Å². The molecule has 0 bridgehead atoms. The molecular formula is C30H34Cl3N3O4S. The molecule has 41 heavy (non-hydrogen) atoms. The van der Waals surface area contributed by atoms with Crippen molar-refractivity contribution in [1.82, 2.24) is 10.2 Å². The van der Waals surface area contributed by atoms with Gasteiger partial charge in [0.15, 0.2) is 0 Å². The van der Waals surface area contributed by atoms with Crippen LogP contribution in [-0.2, 0) is 26.2 Å². The van der Waals surface area contributed by atoms with E-state index in [0.29, 0.717) is 32.7 Å². The number of unbranched alkanes of at least 4 members (excludes halogenated alkanes) is 1. The Kier molecular flexibility index (Phi) is 11.5. The summed E-state index contributed by atoms with van der Waals surface area (Å²) in [4.78, 5) is 28.5. The molecule has 0 aliphatic heterocycles. The average Bonchev–Trinajstić information content (AvgIpc) is 2.92. The summed E-state index contributed by atoms with van der Waals surface area (Å²) in [7, 11) is -4.21. The molecule has 11 heteroatoms. The topological polar surface area (TPSA) is 86.8 Å². The molecule has 0 radical (unpaired) electrons. The second-order valence-electron chi connectivity index (χ2n) is 9.83. The molecule has 0 fully saturated rings.